The first-order valence-electron chi connectivity index (χ1n) is 7.85. The van der Waals surface area contributed by atoms with Gasteiger partial charge in [-0.15, -0.1) is 0 Å². The maximum Gasteiger partial charge on any atom is 0.263 e. The van der Waals surface area contributed by atoms with Crippen molar-refractivity contribution in [2.45, 2.75) is 12.3 Å². The zero-order valence-corrected chi connectivity index (χ0v) is 14.5. The van der Waals surface area contributed by atoms with Crippen molar-refractivity contribution in [3.05, 3.63) is 70.1 Å². The van der Waals surface area contributed by atoms with Gasteiger partial charge < -0.3 is 10.6 Å². The van der Waals surface area contributed by atoms with Gasteiger partial charge in [-0.3, -0.25) is 4.79 Å². The predicted octanol–water partition coefficient (Wildman–Crippen LogP) is 3.93. The summed E-state index contributed by atoms with van der Waals surface area (Å²) >= 11 is 6.32. The normalized spacial score (nSPS) is 20.8. The largest absolute Gasteiger partial charge is 0.384 e. The smallest absolute Gasteiger partial charge is 0.263 e. The van der Waals surface area contributed by atoms with Crippen LogP contribution in [0.4, 0.5) is 5.69 Å². The molecule has 0 aliphatic carbocycles. The molecule has 5 heteroatoms. The second-order valence-electron chi connectivity index (χ2n) is 5.96. The van der Waals surface area contributed by atoms with Crippen LogP contribution < -0.4 is 10.6 Å². The summed E-state index contributed by atoms with van der Waals surface area (Å²) in [6.07, 6.45) is 2.90. The van der Waals surface area contributed by atoms with Gasteiger partial charge in [-0.05, 0) is 35.3 Å². The van der Waals surface area contributed by atoms with Crippen LogP contribution >= 0.6 is 24.0 Å². The molecule has 2 heterocycles. The zero-order chi connectivity index (χ0) is 16.5. The quantitative estimate of drug-likeness (QED) is 0.649. The third kappa shape index (κ3) is 3.09. The summed E-state index contributed by atoms with van der Waals surface area (Å²) in [4.78, 5) is 12.4. The van der Waals surface area contributed by atoms with Gasteiger partial charge >= 0.3 is 0 Å². The molecule has 1 unspecified atom stereocenters. The van der Waals surface area contributed by atoms with Gasteiger partial charge in [-0.25, -0.2) is 0 Å². The maximum absolute atomic E-state index is 11.7. The Bertz CT molecular complexity index is 843. The van der Waals surface area contributed by atoms with Crippen LogP contribution in [0.3, 0.4) is 0 Å². The van der Waals surface area contributed by atoms with Gasteiger partial charge in [0.2, 0.25) is 0 Å². The van der Waals surface area contributed by atoms with Crippen molar-refractivity contribution in [2.75, 3.05) is 11.9 Å². The third-order valence-corrected chi connectivity index (χ3v) is 5.50. The lowest BCUT2D eigenvalue weighted by molar-refractivity contribution is -0.115. The highest BCUT2D eigenvalue weighted by Gasteiger charge is 2.23. The third-order valence-electron chi connectivity index (χ3n) is 4.34. The van der Waals surface area contributed by atoms with Crippen LogP contribution in [-0.4, -0.2) is 16.8 Å². The van der Waals surface area contributed by atoms with Crippen molar-refractivity contribution in [1.29, 1.82) is 0 Å². The molecule has 4 rings (SSSR count). The number of benzene rings is 2. The summed E-state index contributed by atoms with van der Waals surface area (Å²) in [5.41, 5.74) is 4.98. The summed E-state index contributed by atoms with van der Waals surface area (Å²) in [6.45, 7) is 0.986. The second-order valence-corrected chi connectivity index (χ2v) is 7.68. The molecule has 1 atom stereocenters. The van der Waals surface area contributed by atoms with E-state index in [0.717, 1.165) is 18.5 Å². The van der Waals surface area contributed by atoms with Gasteiger partial charge in [0.1, 0.15) is 4.32 Å². The highest BCUT2D eigenvalue weighted by Crippen LogP contribution is 2.33. The van der Waals surface area contributed by atoms with Crippen LogP contribution in [0, 0.1) is 0 Å². The summed E-state index contributed by atoms with van der Waals surface area (Å²) in [6, 6.07) is 16.9. The van der Waals surface area contributed by atoms with Crippen LogP contribution in [-0.2, 0) is 11.2 Å². The van der Waals surface area contributed by atoms with Gasteiger partial charge in [-0.1, -0.05) is 66.4 Å². The van der Waals surface area contributed by atoms with Crippen molar-refractivity contribution < 1.29 is 4.79 Å². The number of hydrogen-bond acceptors (Lipinski definition) is 4. The molecule has 1 amide bonds. The first-order chi connectivity index (χ1) is 11.7. The molecule has 0 spiro atoms. The van der Waals surface area contributed by atoms with Gasteiger partial charge in [0, 0.05) is 18.2 Å². The molecular formula is C19H16N2OS2. The van der Waals surface area contributed by atoms with Crippen LogP contribution in [0.1, 0.15) is 22.6 Å². The standard InChI is InChI=1S/C19H16N2OS2/c22-18-17(24-19(23)21-18)10-13-7-5-12(6-8-13)9-14-11-20-16-4-2-1-3-15(14)16/h1-8,10,14,20H,9,11H2,(H,21,22,23). The number of rotatable bonds is 3. The molecule has 0 radical (unpaired) electrons. The Labute approximate surface area is 150 Å². The minimum atomic E-state index is -0.109. The topological polar surface area (TPSA) is 41.1 Å². The van der Waals surface area contributed by atoms with Crippen molar-refractivity contribution in [3.63, 3.8) is 0 Å². The molecule has 2 aromatic carbocycles. The molecule has 3 nitrogen and oxygen atoms in total. The van der Waals surface area contributed by atoms with E-state index in [-0.39, 0.29) is 5.91 Å². The number of nitrogens with one attached hydrogen (secondary N) is 2. The number of thioether (sulfide) groups is 1. The molecule has 2 aromatic rings. The Kier molecular flexibility index (Phi) is 4.12. The maximum atomic E-state index is 11.7. The SMILES string of the molecule is O=C1NC(=S)SC1=Cc1ccc(CC2CNc3ccccc32)cc1. The monoisotopic (exact) mass is 352 g/mol. The van der Waals surface area contributed by atoms with Crippen molar-refractivity contribution >= 4 is 46.0 Å². The lowest BCUT2D eigenvalue weighted by Gasteiger charge is -2.10. The summed E-state index contributed by atoms with van der Waals surface area (Å²) < 4.78 is 0.523. The average molecular weight is 352 g/mol. The summed E-state index contributed by atoms with van der Waals surface area (Å²) in [7, 11) is 0. The molecule has 0 aromatic heterocycles. The molecule has 0 saturated carbocycles. The number of amides is 1. The van der Waals surface area contributed by atoms with Crippen LogP contribution in [0.5, 0.6) is 0 Å². The number of carbonyl (C=O) groups is 1. The van der Waals surface area contributed by atoms with Gasteiger partial charge in [0.05, 0.1) is 4.91 Å². The summed E-state index contributed by atoms with van der Waals surface area (Å²) in [5.74, 6) is 0.404. The minimum absolute atomic E-state index is 0.109. The molecule has 24 heavy (non-hydrogen) atoms. The van der Waals surface area contributed by atoms with E-state index >= 15 is 0 Å². The molecule has 1 fully saturated rings. The second kappa shape index (κ2) is 6.42. The molecular weight excluding hydrogens is 336 g/mol. The Balaban J connectivity index is 1.48. The summed E-state index contributed by atoms with van der Waals surface area (Å²) in [5, 5.41) is 6.11. The van der Waals surface area contributed by atoms with Crippen LogP contribution in [0.15, 0.2) is 53.4 Å². The fraction of sp³-hybridized carbons (Fsp3) is 0.158. The predicted molar refractivity (Wildman–Crippen MR) is 104 cm³/mol. The molecule has 0 bridgehead atoms. The van der Waals surface area contributed by atoms with E-state index in [9.17, 15) is 4.79 Å². The van der Waals surface area contributed by atoms with E-state index < -0.39 is 0 Å². The number of fused-ring (bicyclic) bond motifs is 1. The molecule has 2 N–H and O–H groups in total. The fourth-order valence-electron chi connectivity index (χ4n) is 3.15. The van der Waals surface area contributed by atoms with Gasteiger partial charge in [0.25, 0.3) is 5.91 Å². The van der Waals surface area contributed by atoms with Crippen molar-refractivity contribution in [1.82, 2.24) is 5.32 Å². The molecule has 2 aliphatic rings. The molecule has 120 valence electrons. The lowest BCUT2D eigenvalue weighted by Crippen LogP contribution is -2.17. The lowest BCUT2D eigenvalue weighted by atomic mass is 9.93. The van der Waals surface area contributed by atoms with E-state index in [1.165, 1.54) is 28.6 Å². The van der Waals surface area contributed by atoms with Crippen molar-refractivity contribution in [2.24, 2.45) is 0 Å². The van der Waals surface area contributed by atoms with E-state index in [1.807, 2.05) is 6.08 Å². The van der Waals surface area contributed by atoms with E-state index in [1.54, 1.807) is 0 Å². The Morgan fingerprint density at radius 3 is 2.71 bits per heavy atom. The number of carbonyl (C=O) groups excluding carboxylic acids is 1. The first-order valence-corrected chi connectivity index (χ1v) is 9.08. The highest BCUT2D eigenvalue weighted by molar-refractivity contribution is 8.26. The molecule has 2 aliphatic heterocycles. The Morgan fingerprint density at radius 1 is 1.17 bits per heavy atom. The minimum Gasteiger partial charge on any atom is -0.384 e. The van der Waals surface area contributed by atoms with E-state index in [0.29, 0.717) is 15.1 Å². The van der Waals surface area contributed by atoms with Gasteiger partial charge in [0.15, 0.2) is 0 Å². The number of hydrogen-bond donors (Lipinski definition) is 2. The van der Waals surface area contributed by atoms with Crippen LogP contribution in [0.25, 0.3) is 6.08 Å². The zero-order valence-electron chi connectivity index (χ0n) is 12.9. The highest BCUT2D eigenvalue weighted by atomic mass is 32.2. The van der Waals surface area contributed by atoms with E-state index in [4.69, 9.17) is 12.2 Å². The van der Waals surface area contributed by atoms with Crippen molar-refractivity contribution in [3.8, 4) is 0 Å². The van der Waals surface area contributed by atoms with E-state index in [2.05, 4.69) is 59.2 Å². The van der Waals surface area contributed by atoms with Gasteiger partial charge in [-0.2, -0.15) is 0 Å². The number of anilines is 1. The number of para-hydroxylation sites is 1. The Hall–Kier alpha value is -2.11. The average Bonchev–Trinajstić information content (AvgIpc) is 3.13. The number of thiocarbonyl (C=S) groups is 1. The fourth-order valence-corrected chi connectivity index (χ4v) is 4.19. The van der Waals surface area contributed by atoms with Crippen LogP contribution in [0.2, 0.25) is 0 Å². The first kappa shape index (κ1) is 15.4. The molecule has 1 saturated heterocycles. The Morgan fingerprint density at radius 2 is 1.96 bits per heavy atom.